The van der Waals surface area contributed by atoms with Crippen molar-refractivity contribution < 1.29 is 14.4 Å². The van der Waals surface area contributed by atoms with E-state index in [1.165, 1.54) is 0 Å². The van der Waals surface area contributed by atoms with Crippen LogP contribution in [0.2, 0.25) is 0 Å². The predicted octanol–water partition coefficient (Wildman–Crippen LogP) is 4.66. The molecule has 3 aromatic rings. The van der Waals surface area contributed by atoms with E-state index in [1.807, 2.05) is 54.6 Å². The van der Waals surface area contributed by atoms with Gasteiger partial charge in [-0.05, 0) is 24.1 Å². The fraction of sp³-hybridized carbons (Fsp3) is 0.111. The Kier molecular flexibility index (Phi) is 4.96. The SMILES string of the molecule is O=C(O)N[C@H](Cc1ccccc1)c1cnoc1-c1ccc(Br)cc1. The number of rotatable bonds is 5. The quantitative estimate of drug-likeness (QED) is 0.668. The highest BCUT2D eigenvalue weighted by atomic mass is 79.9. The van der Waals surface area contributed by atoms with Crippen molar-refractivity contribution in [2.45, 2.75) is 12.5 Å². The van der Waals surface area contributed by atoms with E-state index in [-0.39, 0.29) is 0 Å². The molecule has 1 atom stereocenters. The van der Waals surface area contributed by atoms with Crippen LogP contribution in [0, 0.1) is 0 Å². The third-order valence-electron chi connectivity index (χ3n) is 3.66. The number of nitrogens with one attached hydrogen (secondary N) is 1. The van der Waals surface area contributed by atoms with Crippen LogP contribution in [0.5, 0.6) is 0 Å². The van der Waals surface area contributed by atoms with Crippen molar-refractivity contribution in [2.24, 2.45) is 0 Å². The molecule has 1 heterocycles. The summed E-state index contributed by atoms with van der Waals surface area (Å²) in [6, 6.07) is 16.9. The number of aromatic nitrogens is 1. The van der Waals surface area contributed by atoms with E-state index in [0.717, 1.165) is 15.6 Å². The van der Waals surface area contributed by atoms with Crippen LogP contribution < -0.4 is 5.32 Å². The minimum atomic E-state index is -1.08. The molecule has 0 saturated carbocycles. The van der Waals surface area contributed by atoms with Crippen molar-refractivity contribution in [1.29, 1.82) is 0 Å². The third-order valence-corrected chi connectivity index (χ3v) is 4.19. The summed E-state index contributed by atoms with van der Waals surface area (Å²) >= 11 is 3.40. The van der Waals surface area contributed by atoms with Crippen molar-refractivity contribution in [3.05, 3.63) is 76.4 Å². The monoisotopic (exact) mass is 386 g/mol. The van der Waals surface area contributed by atoms with Crippen LogP contribution in [-0.2, 0) is 6.42 Å². The van der Waals surface area contributed by atoms with Gasteiger partial charge in [0, 0.05) is 15.6 Å². The van der Waals surface area contributed by atoms with Crippen LogP contribution in [0.1, 0.15) is 17.2 Å². The van der Waals surface area contributed by atoms with E-state index >= 15 is 0 Å². The smallest absolute Gasteiger partial charge is 0.405 e. The van der Waals surface area contributed by atoms with Gasteiger partial charge in [-0.1, -0.05) is 63.6 Å². The van der Waals surface area contributed by atoms with Gasteiger partial charge in [-0.15, -0.1) is 0 Å². The summed E-state index contributed by atoms with van der Waals surface area (Å²) in [5.74, 6) is 0.567. The lowest BCUT2D eigenvalue weighted by atomic mass is 9.97. The summed E-state index contributed by atoms with van der Waals surface area (Å²) in [7, 11) is 0. The highest BCUT2D eigenvalue weighted by molar-refractivity contribution is 9.10. The van der Waals surface area contributed by atoms with Crippen LogP contribution in [0.3, 0.4) is 0 Å². The van der Waals surface area contributed by atoms with E-state index in [9.17, 15) is 9.90 Å². The number of benzene rings is 2. The molecular weight excluding hydrogens is 372 g/mol. The average Bonchev–Trinajstić information content (AvgIpc) is 3.05. The fourth-order valence-corrected chi connectivity index (χ4v) is 2.82. The van der Waals surface area contributed by atoms with Crippen molar-refractivity contribution in [1.82, 2.24) is 10.5 Å². The molecule has 5 nitrogen and oxygen atoms in total. The summed E-state index contributed by atoms with van der Waals surface area (Å²) in [5.41, 5.74) is 2.58. The Balaban J connectivity index is 1.95. The minimum absolute atomic E-state index is 0.449. The summed E-state index contributed by atoms with van der Waals surface area (Å²) in [6.45, 7) is 0. The molecule has 0 aliphatic carbocycles. The number of nitrogens with zero attached hydrogens (tertiary/aromatic N) is 1. The molecule has 0 aliphatic heterocycles. The summed E-state index contributed by atoms with van der Waals surface area (Å²) in [5, 5.41) is 15.6. The molecule has 0 fully saturated rings. The molecule has 1 aromatic heterocycles. The third kappa shape index (κ3) is 3.83. The molecule has 0 radical (unpaired) electrons. The van der Waals surface area contributed by atoms with E-state index < -0.39 is 12.1 Å². The Morgan fingerprint density at radius 2 is 1.88 bits per heavy atom. The Hall–Kier alpha value is -2.60. The topological polar surface area (TPSA) is 75.4 Å². The zero-order valence-electron chi connectivity index (χ0n) is 12.6. The summed E-state index contributed by atoms with van der Waals surface area (Å²) < 4.78 is 6.35. The first-order valence-electron chi connectivity index (χ1n) is 7.37. The maximum atomic E-state index is 11.2. The largest absolute Gasteiger partial charge is 0.465 e. The maximum absolute atomic E-state index is 11.2. The van der Waals surface area contributed by atoms with Crippen LogP contribution >= 0.6 is 15.9 Å². The van der Waals surface area contributed by atoms with E-state index in [2.05, 4.69) is 26.4 Å². The molecule has 24 heavy (non-hydrogen) atoms. The van der Waals surface area contributed by atoms with Gasteiger partial charge in [-0.2, -0.15) is 0 Å². The molecular formula is C18H15BrN2O3. The van der Waals surface area contributed by atoms with Gasteiger partial charge in [0.2, 0.25) is 0 Å². The maximum Gasteiger partial charge on any atom is 0.405 e. The van der Waals surface area contributed by atoms with Gasteiger partial charge in [0.05, 0.1) is 12.2 Å². The van der Waals surface area contributed by atoms with Crippen LogP contribution in [0.15, 0.2) is 69.8 Å². The average molecular weight is 387 g/mol. The van der Waals surface area contributed by atoms with Crippen molar-refractivity contribution in [3.63, 3.8) is 0 Å². The molecule has 122 valence electrons. The molecule has 2 aromatic carbocycles. The van der Waals surface area contributed by atoms with Crippen molar-refractivity contribution >= 4 is 22.0 Å². The normalized spacial score (nSPS) is 11.9. The van der Waals surface area contributed by atoms with Gasteiger partial charge in [-0.3, -0.25) is 0 Å². The van der Waals surface area contributed by atoms with Gasteiger partial charge in [0.1, 0.15) is 0 Å². The molecule has 0 saturated heterocycles. The highest BCUT2D eigenvalue weighted by Crippen LogP contribution is 2.31. The number of halogens is 1. The van der Waals surface area contributed by atoms with E-state index in [4.69, 9.17) is 4.52 Å². The molecule has 3 rings (SSSR count). The summed E-state index contributed by atoms with van der Waals surface area (Å²) in [4.78, 5) is 11.2. The second-order valence-electron chi connectivity index (χ2n) is 5.31. The Labute approximate surface area is 147 Å². The predicted molar refractivity (Wildman–Crippen MR) is 93.7 cm³/mol. The molecule has 6 heteroatoms. The number of carboxylic acid groups (broad SMARTS) is 1. The Morgan fingerprint density at radius 1 is 1.17 bits per heavy atom. The lowest BCUT2D eigenvalue weighted by Gasteiger charge is -2.16. The second-order valence-corrected chi connectivity index (χ2v) is 6.22. The molecule has 0 bridgehead atoms. The van der Waals surface area contributed by atoms with Gasteiger partial charge in [0.25, 0.3) is 0 Å². The van der Waals surface area contributed by atoms with Crippen molar-refractivity contribution in [2.75, 3.05) is 0 Å². The standard InChI is InChI=1S/C18H15BrN2O3/c19-14-8-6-13(7-9-14)17-15(11-20-24-17)16(21-18(22)23)10-12-4-2-1-3-5-12/h1-9,11,16,21H,10H2,(H,22,23)/t16-/m1/s1. The highest BCUT2D eigenvalue weighted by Gasteiger charge is 2.22. The minimum Gasteiger partial charge on any atom is -0.465 e. The zero-order valence-corrected chi connectivity index (χ0v) is 14.2. The lowest BCUT2D eigenvalue weighted by molar-refractivity contribution is 0.190. The summed E-state index contributed by atoms with van der Waals surface area (Å²) in [6.07, 6.45) is 0.998. The van der Waals surface area contributed by atoms with Gasteiger partial charge < -0.3 is 14.9 Å². The molecule has 0 unspecified atom stereocenters. The fourth-order valence-electron chi connectivity index (χ4n) is 2.55. The number of hydrogen-bond acceptors (Lipinski definition) is 3. The van der Waals surface area contributed by atoms with E-state index in [1.54, 1.807) is 6.20 Å². The zero-order chi connectivity index (χ0) is 16.9. The van der Waals surface area contributed by atoms with Crippen molar-refractivity contribution in [3.8, 4) is 11.3 Å². The first kappa shape index (κ1) is 16.3. The molecule has 1 amide bonds. The lowest BCUT2D eigenvalue weighted by Crippen LogP contribution is -2.28. The van der Waals surface area contributed by atoms with Gasteiger partial charge in [0.15, 0.2) is 5.76 Å². The number of hydrogen-bond donors (Lipinski definition) is 2. The van der Waals surface area contributed by atoms with Gasteiger partial charge in [-0.25, -0.2) is 4.79 Å². The van der Waals surface area contributed by atoms with Crippen LogP contribution in [0.4, 0.5) is 4.79 Å². The molecule has 0 spiro atoms. The number of carbonyl (C=O) groups is 1. The first-order valence-corrected chi connectivity index (χ1v) is 8.16. The van der Waals surface area contributed by atoms with Gasteiger partial charge >= 0.3 is 6.09 Å². The second kappa shape index (κ2) is 7.31. The molecule has 0 aliphatic rings. The first-order chi connectivity index (χ1) is 11.6. The van der Waals surface area contributed by atoms with Crippen LogP contribution in [-0.4, -0.2) is 16.4 Å². The molecule has 2 N–H and O–H groups in total. The Morgan fingerprint density at radius 3 is 2.54 bits per heavy atom. The Bertz CT molecular complexity index is 816. The van der Waals surface area contributed by atoms with Crippen LogP contribution in [0.25, 0.3) is 11.3 Å². The van der Waals surface area contributed by atoms with E-state index in [0.29, 0.717) is 17.7 Å². The number of amides is 1.